The second kappa shape index (κ2) is 10.7. The van der Waals surface area contributed by atoms with E-state index in [2.05, 4.69) is 30.3 Å². The molecule has 36 heavy (non-hydrogen) atoms. The molecule has 0 bridgehead atoms. The van der Waals surface area contributed by atoms with Crippen molar-refractivity contribution in [1.29, 1.82) is 0 Å². The number of aliphatic carboxylic acids is 1. The molecule has 0 radical (unpaired) electrons. The van der Waals surface area contributed by atoms with Crippen molar-refractivity contribution < 1.29 is 23.1 Å². The molecule has 4 aromatic rings. The lowest BCUT2D eigenvalue weighted by atomic mass is 10.1. The Hall–Kier alpha value is -4.71. The minimum atomic E-state index is -4.15. The van der Waals surface area contributed by atoms with E-state index in [0.717, 1.165) is 5.69 Å². The van der Waals surface area contributed by atoms with Gasteiger partial charge in [-0.1, -0.05) is 12.1 Å². The first-order valence-electron chi connectivity index (χ1n) is 10.7. The van der Waals surface area contributed by atoms with Crippen LogP contribution in [0.4, 0.5) is 23.0 Å². The van der Waals surface area contributed by atoms with Gasteiger partial charge in [0.2, 0.25) is 16.0 Å². The summed E-state index contributed by atoms with van der Waals surface area (Å²) < 4.78 is 28.5. The van der Waals surface area contributed by atoms with E-state index in [0.29, 0.717) is 17.2 Å². The summed E-state index contributed by atoms with van der Waals surface area (Å²) in [5.74, 6) is -1.08. The Labute approximate surface area is 206 Å². The Morgan fingerprint density at radius 1 is 0.972 bits per heavy atom. The molecule has 0 aliphatic rings. The van der Waals surface area contributed by atoms with Gasteiger partial charge in [-0.15, -0.1) is 0 Å². The van der Waals surface area contributed by atoms with Crippen LogP contribution in [-0.4, -0.2) is 40.4 Å². The van der Waals surface area contributed by atoms with Crippen molar-refractivity contribution in [3.63, 3.8) is 0 Å². The average Bonchev–Trinajstić information content (AvgIpc) is 3.36. The Morgan fingerprint density at radius 2 is 1.75 bits per heavy atom. The van der Waals surface area contributed by atoms with Crippen LogP contribution in [0.1, 0.15) is 27.6 Å². The van der Waals surface area contributed by atoms with Gasteiger partial charge in [0.25, 0.3) is 5.91 Å². The second-order valence-electron chi connectivity index (χ2n) is 7.69. The van der Waals surface area contributed by atoms with E-state index in [-0.39, 0.29) is 11.3 Å². The number of H-pyrrole nitrogens is 1. The number of carboxylic acid groups (broad SMARTS) is 1. The third-order valence-corrected chi connectivity index (χ3v) is 6.79. The summed E-state index contributed by atoms with van der Waals surface area (Å²) in [5, 5.41) is 13.7. The first-order chi connectivity index (χ1) is 17.3. The third kappa shape index (κ3) is 6.24. The smallest absolute Gasteiger partial charge is 0.305 e. The fourth-order valence-electron chi connectivity index (χ4n) is 3.41. The summed E-state index contributed by atoms with van der Waals surface area (Å²) in [7, 11) is -4.15. The lowest BCUT2D eigenvalue weighted by Gasteiger charge is -2.18. The summed E-state index contributed by atoms with van der Waals surface area (Å²) in [4.78, 5) is 34.9. The van der Waals surface area contributed by atoms with E-state index in [1.807, 2.05) is 0 Å². The topological polar surface area (TPSA) is 166 Å². The molecular formula is C24H22N6O5S. The standard InChI is InChI=1S/C24H22N6O5S/c31-22(32)14-21(17-3-2-10-25-15-17)36(34,35)30-20-5-1-4-19(13-20)28-23(33)16-6-8-18(9-7-16)29-24-26-11-12-27-24/h1-13,15,21,30H,14H2,(H,28,33)(H,31,32)(H2,26,27,29). The molecule has 0 saturated heterocycles. The Kier molecular flexibility index (Phi) is 7.25. The molecule has 0 aliphatic heterocycles. The molecule has 1 unspecified atom stereocenters. The first kappa shape index (κ1) is 24.4. The van der Waals surface area contributed by atoms with Crippen molar-refractivity contribution in [1.82, 2.24) is 15.0 Å². The summed E-state index contributed by atoms with van der Waals surface area (Å²) in [6, 6.07) is 15.9. The van der Waals surface area contributed by atoms with Crippen molar-refractivity contribution in [2.75, 3.05) is 15.4 Å². The molecule has 5 N–H and O–H groups in total. The van der Waals surface area contributed by atoms with Gasteiger partial charge in [-0.2, -0.15) is 0 Å². The van der Waals surface area contributed by atoms with Gasteiger partial charge in [0.1, 0.15) is 5.25 Å². The van der Waals surface area contributed by atoms with Crippen LogP contribution < -0.4 is 15.4 Å². The molecule has 184 valence electrons. The molecule has 1 atom stereocenters. The maximum atomic E-state index is 13.0. The highest BCUT2D eigenvalue weighted by Gasteiger charge is 2.30. The number of aromatic nitrogens is 3. The van der Waals surface area contributed by atoms with Gasteiger partial charge in [0.15, 0.2) is 0 Å². The van der Waals surface area contributed by atoms with Crippen LogP contribution in [0.5, 0.6) is 0 Å². The zero-order valence-corrected chi connectivity index (χ0v) is 19.6. The largest absolute Gasteiger partial charge is 0.481 e. The Morgan fingerprint density at radius 3 is 2.42 bits per heavy atom. The molecule has 1 amide bonds. The molecule has 2 aromatic heterocycles. The minimum Gasteiger partial charge on any atom is -0.481 e. The molecule has 2 aromatic carbocycles. The Bertz CT molecular complexity index is 1440. The zero-order chi connectivity index (χ0) is 25.5. The molecule has 0 saturated carbocycles. The number of nitrogens with zero attached hydrogens (tertiary/aromatic N) is 2. The number of amides is 1. The normalized spacial score (nSPS) is 11.9. The molecule has 4 rings (SSSR count). The molecule has 2 heterocycles. The summed E-state index contributed by atoms with van der Waals surface area (Å²) in [6.45, 7) is 0. The van der Waals surface area contributed by atoms with Gasteiger partial charge in [0, 0.05) is 41.7 Å². The summed E-state index contributed by atoms with van der Waals surface area (Å²) in [6.07, 6.45) is 5.45. The highest BCUT2D eigenvalue weighted by Crippen LogP contribution is 2.28. The predicted molar refractivity (Wildman–Crippen MR) is 134 cm³/mol. The van der Waals surface area contributed by atoms with E-state index in [1.165, 1.54) is 36.7 Å². The van der Waals surface area contributed by atoms with Crippen LogP contribution in [0.25, 0.3) is 0 Å². The number of imidazole rings is 1. The van der Waals surface area contributed by atoms with Crippen LogP contribution in [0.15, 0.2) is 85.5 Å². The van der Waals surface area contributed by atoms with Gasteiger partial charge in [-0.05, 0) is 54.1 Å². The average molecular weight is 507 g/mol. The molecule has 11 nitrogen and oxygen atoms in total. The highest BCUT2D eigenvalue weighted by molar-refractivity contribution is 7.93. The number of benzene rings is 2. The van der Waals surface area contributed by atoms with Gasteiger partial charge < -0.3 is 20.7 Å². The molecule has 0 aliphatic carbocycles. The number of rotatable bonds is 10. The zero-order valence-electron chi connectivity index (χ0n) is 18.8. The number of sulfonamides is 1. The molecule has 0 fully saturated rings. The number of hydrogen-bond donors (Lipinski definition) is 5. The molecular weight excluding hydrogens is 484 g/mol. The molecule has 0 spiro atoms. The lowest BCUT2D eigenvalue weighted by molar-refractivity contribution is -0.137. The van der Waals surface area contributed by atoms with E-state index in [9.17, 15) is 23.1 Å². The van der Waals surface area contributed by atoms with Crippen molar-refractivity contribution in [3.8, 4) is 0 Å². The highest BCUT2D eigenvalue weighted by atomic mass is 32.2. The monoisotopic (exact) mass is 506 g/mol. The quantitative estimate of drug-likeness (QED) is 0.217. The number of aromatic amines is 1. The van der Waals surface area contributed by atoms with Gasteiger partial charge in [-0.3, -0.25) is 19.3 Å². The van der Waals surface area contributed by atoms with Crippen LogP contribution in [0.3, 0.4) is 0 Å². The number of anilines is 4. The lowest BCUT2D eigenvalue weighted by Crippen LogP contribution is -2.24. The van der Waals surface area contributed by atoms with Crippen LogP contribution in [-0.2, 0) is 14.8 Å². The van der Waals surface area contributed by atoms with Crippen LogP contribution >= 0.6 is 0 Å². The third-order valence-electron chi connectivity index (χ3n) is 5.08. The fourth-order valence-corrected chi connectivity index (χ4v) is 4.86. The fraction of sp³-hybridized carbons (Fsp3) is 0.0833. The van der Waals surface area contributed by atoms with E-state index < -0.39 is 33.6 Å². The number of pyridine rings is 1. The van der Waals surface area contributed by atoms with Gasteiger partial charge in [0.05, 0.1) is 12.1 Å². The van der Waals surface area contributed by atoms with Crippen LogP contribution in [0, 0.1) is 0 Å². The number of carboxylic acids is 1. The van der Waals surface area contributed by atoms with Crippen molar-refractivity contribution in [3.05, 3.63) is 96.6 Å². The van der Waals surface area contributed by atoms with E-state index >= 15 is 0 Å². The predicted octanol–water partition coefficient (Wildman–Crippen LogP) is 3.76. The van der Waals surface area contributed by atoms with Crippen molar-refractivity contribution >= 4 is 44.9 Å². The maximum absolute atomic E-state index is 13.0. The number of hydrogen-bond acceptors (Lipinski definition) is 7. The number of carbonyl (C=O) groups excluding carboxylic acids is 1. The van der Waals surface area contributed by atoms with Crippen molar-refractivity contribution in [2.45, 2.75) is 11.7 Å². The second-order valence-corrected chi connectivity index (χ2v) is 9.56. The van der Waals surface area contributed by atoms with E-state index in [4.69, 9.17) is 0 Å². The summed E-state index contributed by atoms with van der Waals surface area (Å²) >= 11 is 0. The number of nitrogens with one attached hydrogen (secondary N) is 4. The van der Waals surface area contributed by atoms with Gasteiger partial charge in [-0.25, -0.2) is 13.4 Å². The summed E-state index contributed by atoms with van der Waals surface area (Å²) in [5.41, 5.74) is 1.91. The van der Waals surface area contributed by atoms with Crippen LogP contribution in [0.2, 0.25) is 0 Å². The Balaban J connectivity index is 1.46. The van der Waals surface area contributed by atoms with Crippen molar-refractivity contribution in [2.24, 2.45) is 0 Å². The molecule has 12 heteroatoms. The van der Waals surface area contributed by atoms with Gasteiger partial charge >= 0.3 is 5.97 Å². The minimum absolute atomic E-state index is 0.171. The maximum Gasteiger partial charge on any atom is 0.305 e. The first-order valence-corrected chi connectivity index (χ1v) is 12.3. The SMILES string of the molecule is O=C(O)CC(c1cccnc1)S(=O)(=O)Nc1cccc(NC(=O)c2ccc(Nc3ncc[nH]3)cc2)c1. The number of carbonyl (C=O) groups is 2. The van der Waals surface area contributed by atoms with E-state index in [1.54, 1.807) is 48.8 Å².